The van der Waals surface area contributed by atoms with Crippen molar-refractivity contribution in [2.45, 2.75) is 6.92 Å². The predicted octanol–water partition coefficient (Wildman–Crippen LogP) is 6.41. The van der Waals surface area contributed by atoms with Crippen LogP contribution in [-0.4, -0.2) is 17.0 Å². The third kappa shape index (κ3) is 5.47. The average molecular weight is 504 g/mol. The van der Waals surface area contributed by atoms with Gasteiger partial charge in [0.15, 0.2) is 6.20 Å². The summed E-state index contributed by atoms with van der Waals surface area (Å²) in [4.78, 5) is 24.3. The molecule has 0 unspecified atom stereocenters. The number of anilines is 5. The van der Waals surface area contributed by atoms with E-state index in [9.17, 15) is 14.7 Å². The van der Waals surface area contributed by atoms with Crippen molar-refractivity contribution in [1.82, 2.24) is 0 Å². The average Bonchev–Trinajstić information content (AvgIpc) is 2.93. The van der Waals surface area contributed by atoms with E-state index in [0.29, 0.717) is 11.3 Å². The van der Waals surface area contributed by atoms with E-state index in [1.54, 1.807) is 30.3 Å². The van der Waals surface area contributed by atoms with Crippen molar-refractivity contribution < 1.29 is 19.3 Å². The van der Waals surface area contributed by atoms with Gasteiger partial charge in [-0.15, -0.1) is 0 Å². The molecule has 7 heteroatoms. The SMILES string of the molecule is Cc1ccc(Nc2ccc(NC(=O)c3ccc(Nc4cc[n+](C)c5ccc(C(=O)O)cc45)cc3)cc2)cc1. The van der Waals surface area contributed by atoms with Gasteiger partial charge >= 0.3 is 5.97 Å². The third-order valence-electron chi connectivity index (χ3n) is 6.29. The number of benzene rings is 4. The van der Waals surface area contributed by atoms with Gasteiger partial charge in [0, 0.05) is 40.4 Å². The highest BCUT2D eigenvalue weighted by Gasteiger charge is 2.14. The normalized spacial score (nSPS) is 10.7. The van der Waals surface area contributed by atoms with E-state index < -0.39 is 5.97 Å². The van der Waals surface area contributed by atoms with Crippen LogP contribution in [0.15, 0.2) is 103 Å². The minimum atomic E-state index is -0.975. The molecule has 0 spiro atoms. The standard InChI is InChI=1S/C31H26N4O3/c1-20-3-8-23(9-4-20)32-24-12-14-26(15-13-24)34-30(36)21-5-10-25(11-6-21)33-28-17-18-35(2)29-16-7-22(31(37)38)19-27(28)29/h3-19,32H,1-2H3,(H2,34,36,37,38)/p+1. The van der Waals surface area contributed by atoms with Crippen LogP contribution in [0.25, 0.3) is 10.9 Å². The van der Waals surface area contributed by atoms with Crippen LogP contribution >= 0.6 is 0 Å². The van der Waals surface area contributed by atoms with Gasteiger partial charge in [0.1, 0.15) is 7.05 Å². The van der Waals surface area contributed by atoms with Crippen molar-refractivity contribution in [3.05, 3.63) is 120 Å². The molecule has 0 aliphatic rings. The lowest BCUT2D eigenvalue weighted by Crippen LogP contribution is -2.28. The third-order valence-corrected chi connectivity index (χ3v) is 6.29. The summed E-state index contributed by atoms with van der Waals surface area (Å²) >= 11 is 0. The number of nitrogens with zero attached hydrogens (tertiary/aromatic N) is 1. The number of carbonyl (C=O) groups is 2. The first-order chi connectivity index (χ1) is 18.4. The molecule has 0 aliphatic carbocycles. The largest absolute Gasteiger partial charge is 0.478 e. The molecule has 1 amide bonds. The van der Waals surface area contributed by atoms with Crippen molar-refractivity contribution in [2.75, 3.05) is 16.0 Å². The van der Waals surface area contributed by atoms with E-state index in [0.717, 1.165) is 33.7 Å². The van der Waals surface area contributed by atoms with Crippen LogP contribution in [0.4, 0.5) is 28.4 Å². The number of aryl methyl sites for hydroxylation is 2. The van der Waals surface area contributed by atoms with E-state index in [2.05, 4.69) is 35.0 Å². The molecular weight excluding hydrogens is 476 g/mol. The second-order valence-electron chi connectivity index (χ2n) is 9.10. The van der Waals surface area contributed by atoms with Crippen molar-refractivity contribution >= 4 is 51.2 Å². The number of carboxylic acids is 1. The summed E-state index contributed by atoms with van der Waals surface area (Å²) in [6.45, 7) is 2.05. The van der Waals surface area contributed by atoms with Crippen molar-refractivity contribution in [3.8, 4) is 0 Å². The van der Waals surface area contributed by atoms with Gasteiger partial charge in [-0.2, -0.15) is 0 Å². The Morgan fingerprint density at radius 3 is 1.89 bits per heavy atom. The van der Waals surface area contributed by atoms with Crippen LogP contribution in [0.1, 0.15) is 26.3 Å². The number of amides is 1. The molecule has 7 nitrogen and oxygen atoms in total. The number of rotatable bonds is 7. The Bertz CT molecular complexity index is 1630. The lowest BCUT2D eigenvalue weighted by molar-refractivity contribution is -0.644. The Labute approximate surface area is 220 Å². The van der Waals surface area contributed by atoms with Crippen LogP contribution < -0.4 is 20.5 Å². The molecule has 0 bridgehead atoms. The Morgan fingerprint density at radius 2 is 1.24 bits per heavy atom. The van der Waals surface area contributed by atoms with Gasteiger partial charge in [0.05, 0.1) is 16.6 Å². The first-order valence-corrected chi connectivity index (χ1v) is 12.1. The second-order valence-corrected chi connectivity index (χ2v) is 9.10. The predicted molar refractivity (Wildman–Crippen MR) is 151 cm³/mol. The van der Waals surface area contributed by atoms with Crippen LogP contribution in [0.2, 0.25) is 0 Å². The first kappa shape index (κ1) is 24.5. The number of pyridine rings is 1. The molecule has 1 heterocycles. The molecule has 0 atom stereocenters. The minimum absolute atomic E-state index is 0.209. The van der Waals surface area contributed by atoms with Gasteiger partial charge in [0.2, 0.25) is 5.52 Å². The van der Waals surface area contributed by atoms with Crippen LogP contribution in [0.3, 0.4) is 0 Å². The quantitative estimate of drug-likeness (QED) is 0.193. The second kappa shape index (κ2) is 10.4. The Balaban J connectivity index is 1.26. The summed E-state index contributed by atoms with van der Waals surface area (Å²) in [6.07, 6.45) is 1.91. The molecule has 0 aliphatic heterocycles. The number of fused-ring (bicyclic) bond motifs is 1. The molecule has 188 valence electrons. The highest BCUT2D eigenvalue weighted by Crippen LogP contribution is 2.26. The first-order valence-electron chi connectivity index (χ1n) is 12.1. The summed E-state index contributed by atoms with van der Waals surface area (Å²) in [6, 6.07) is 29.8. The molecule has 1 aromatic heterocycles. The molecular formula is C31H27N4O3+. The zero-order valence-corrected chi connectivity index (χ0v) is 21.0. The summed E-state index contributed by atoms with van der Waals surface area (Å²) in [5.41, 5.74) is 7.03. The fraction of sp³-hybridized carbons (Fsp3) is 0.0645. The number of hydrogen-bond acceptors (Lipinski definition) is 4. The molecule has 5 aromatic rings. The molecule has 0 saturated heterocycles. The summed E-state index contributed by atoms with van der Waals surface area (Å²) < 4.78 is 1.94. The van der Waals surface area contributed by atoms with Crippen LogP contribution in [-0.2, 0) is 7.05 Å². The Morgan fingerprint density at radius 1 is 0.684 bits per heavy atom. The van der Waals surface area contributed by atoms with E-state index in [1.807, 2.05) is 72.4 Å². The number of aromatic carboxylic acids is 1. The fourth-order valence-corrected chi connectivity index (χ4v) is 4.16. The number of aromatic nitrogens is 1. The number of carboxylic acid groups (broad SMARTS) is 1. The van der Waals surface area contributed by atoms with Gasteiger partial charge < -0.3 is 21.1 Å². The summed E-state index contributed by atoms with van der Waals surface area (Å²) in [7, 11) is 1.91. The molecule has 4 aromatic carbocycles. The smallest absolute Gasteiger partial charge is 0.335 e. The monoisotopic (exact) mass is 503 g/mol. The number of hydrogen-bond donors (Lipinski definition) is 4. The van der Waals surface area contributed by atoms with Gasteiger partial charge in [-0.1, -0.05) is 17.7 Å². The molecule has 4 N–H and O–H groups in total. The van der Waals surface area contributed by atoms with Crippen LogP contribution in [0.5, 0.6) is 0 Å². The maximum absolute atomic E-state index is 12.8. The van der Waals surface area contributed by atoms with Gasteiger partial charge in [-0.25, -0.2) is 9.36 Å². The summed E-state index contributed by atoms with van der Waals surface area (Å²) in [5.74, 6) is -1.18. The summed E-state index contributed by atoms with van der Waals surface area (Å²) in [5, 5.41) is 19.8. The van der Waals surface area contributed by atoms with E-state index in [-0.39, 0.29) is 11.5 Å². The lowest BCUT2D eigenvalue weighted by Gasteiger charge is -2.11. The molecule has 0 saturated carbocycles. The zero-order chi connectivity index (χ0) is 26.6. The van der Waals surface area contributed by atoms with E-state index in [4.69, 9.17) is 0 Å². The van der Waals surface area contributed by atoms with Crippen LogP contribution in [0, 0.1) is 6.92 Å². The van der Waals surface area contributed by atoms with Crippen molar-refractivity contribution in [1.29, 1.82) is 0 Å². The fourth-order valence-electron chi connectivity index (χ4n) is 4.16. The topological polar surface area (TPSA) is 94.3 Å². The van der Waals surface area contributed by atoms with Gasteiger partial charge in [0.25, 0.3) is 5.91 Å². The van der Waals surface area contributed by atoms with Crippen molar-refractivity contribution in [2.24, 2.45) is 7.05 Å². The molecule has 0 fully saturated rings. The lowest BCUT2D eigenvalue weighted by atomic mass is 10.1. The minimum Gasteiger partial charge on any atom is -0.478 e. The van der Waals surface area contributed by atoms with Crippen molar-refractivity contribution in [3.63, 3.8) is 0 Å². The maximum Gasteiger partial charge on any atom is 0.335 e. The highest BCUT2D eigenvalue weighted by atomic mass is 16.4. The van der Waals surface area contributed by atoms with E-state index in [1.165, 1.54) is 5.56 Å². The number of carbonyl (C=O) groups excluding carboxylic acids is 1. The van der Waals surface area contributed by atoms with E-state index >= 15 is 0 Å². The number of nitrogens with one attached hydrogen (secondary N) is 3. The molecule has 0 radical (unpaired) electrons. The molecule has 5 rings (SSSR count). The van der Waals surface area contributed by atoms with Gasteiger partial charge in [-0.05, 0) is 79.7 Å². The molecule has 38 heavy (non-hydrogen) atoms. The Hall–Kier alpha value is -5.17. The Kier molecular flexibility index (Phi) is 6.74. The zero-order valence-electron chi connectivity index (χ0n) is 21.0. The highest BCUT2D eigenvalue weighted by molar-refractivity contribution is 6.04. The maximum atomic E-state index is 12.8. The van der Waals surface area contributed by atoms with Gasteiger partial charge in [-0.3, -0.25) is 4.79 Å².